The Hall–Kier alpha value is -0.610. The van der Waals surface area contributed by atoms with Gasteiger partial charge in [0.25, 0.3) is 0 Å². The second kappa shape index (κ2) is 4.25. The van der Waals surface area contributed by atoms with Gasteiger partial charge in [0.15, 0.2) is 0 Å². The SMILES string of the molecule is COC1CCOC2(C1)CN(C(=O)CC1CC1)C2. The minimum Gasteiger partial charge on any atom is -0.381 e. The molecule has 1 amide bonds. The van der Waals surface area contributed by atoms with Crippen molar-refractivity contribution in [1.82, 2.24) is 4.90 Å². The van der Waals surface area contributed by atoms with Gasteiger partial charge in [-0.2, -0.15) is 0 Å². The summed E-state index contributed by atoms with van der Waals surface area (Å²) in [5.41, 5.74) is -0.0852. The van der Waals surface area contributed by atoms with Crippen molar-refractivity contribution in [3.05, 3.63) is 0 Å². The van der Waals surface area contributed by atoms with E-state index in [1.165, 1.54) is 12.8 Å². The predicted molar refractivity (Wildman–Crippen MR) is 62.6 cm³/mol. The van der Waals surface area contributed by atoms with Crippen molar-refractivity contribution >= 4 is 5.91 Å². The highest BCUT2D eigenvalue weighted by atomic mass is 16.5. The van der Waals surface area contributed by atoms with Crippen LogP contribution in [0.4, 0.5) is 0 Å². The molecule has 1 saturated carbocycles. The summed E-state index contributed by atoms with van der Waals surface area (Å²) in [6, 6.07) is 0. The van der Waals surface area contributed by atoms with Gasteiger partial charge in [-0.25, -0.2) is 0 Å². The average Bonchev–Trinajstić information content (AvgIpc) is 3.09. The summed E-state index contributed by atoms with van der Waals surface area (Å²) < 4.78 is 11.3. The number of hydrogen-bond donors (Lipinski definition) is 0. The maximum Gasteiger partial charge on any atom is 0.223 e. The van der Waals surface area contributed by atoms with Crippen LogP contribution in [0.15, 0.2) is 0 Å². The van der Waals surface area contributed by atoms with E-state index in [9.17, 15) is 4.79 Å². The molecule has 3 fully saturated rings. The third-order valence-corrected chi connectivity index (χ3v) is 4.25. The maximum atomic E-state index is 11.9. The summed E-state index contributed by atoms with van der Waals surface area (Å²) in [4.78, 5) is 13.8. The van der Waals surface area contributed by atoms with Crippen molar-refractivity contribution in [1.29, 1.82) is 0 Å². The Morgan fingerprint density at radius 1 is 1.41 bits per heavy atom. The van der Waals surface area contributed by atoms with E-state index in [4.69, 9.17) is 9.47 Å². The number of carbonyl (C=O) groups is 1. The zero-order valence-corrected chi connectivity index (χ0v) is 10.5. The monoisotopic (exact) mass is 239 g/mol. The lowest BCUT2D eigenvalue weighted by Gasteiger charge is -2.53. The third-order valence-electron chi connectivity index (χ3n) is 4.25. The average molecular weight is 239 g/mol. The smallest absolute Gasteiger partial charge is 0.223 e. The number of amides is 1. The lowest BCUT2D eigenvalue weighted by Crippen LogP contribution is -2.67. The van der Waals surface area contributed by atoms with Crippen LogP contribution >= 0.6 is 0 Å². The normalized spacial score (nSPS) is 31.4. The molecule has 0 aromatic heterocycles. The molecular formula is C13H21NO3. The van der Waals surface area contributed by atoms with Gasteiger partial charge >= 0.3 is 0 Å². The first kappa shape index (κ1) is 11.5. The number of methoxy groups -OCH3 is 1. The molecule has 96 valence electrons. The summed E-state index contributed by atoms with van der Waals surface area (Å²) in [5, 5.41) is 0. The number of nitrogens with zero attached hydrogens (tertiary/aromatic N) is 1. The molecule has 2 saturated heterocycles. The Kier molecular flexibility index (Phi) is 2.87. The van der Waals surface area contributed by atoms with Crippen molar-refractivity contribution in [3.63, 3.8) is 0 Å². The fraction of sp³-hybridized carbons (Fsp3) is 0.923. The van der Waals surface area contributed by atoms with Crippen LogP contribution in [0.1, 0.15) is 32.1 Å². The standard InChI is InChI=1S/C13H21NO3/c1-16-11-4-5-17-13(7-11)8-14(9-13)12(15)6-10-2-3-10/h10-11H,2-9H2,1H3. The highest BCUT2D eigenvalue weighted by Gasteiger charge is 2.49. The van der Waals surface area contributed by atoms with Gasteiger partial charge in [0.2, 0.25) is 5.91 Å². The molecule has 1 spiro atoms. The molecule has 1 aliphatic carbocycles. The molecule has 0 bridgehead atoms. The van der Waals surface area contributed by atoms with E-state index in [0.717, 1.165) is 39.0 Å². The Labute approximate surface area is 102 Å². The molecular weight excluding hydrogens is 218 g/mol. The zero-order valence-electron chi connectivity index (χ0n) is 10.5. The van der Waals surface area contributed by atoms with Crippen LogP contribution in [-0.4, -0.2) is 49.3 Å². The van der Waals surface area contributed by atoms with Gasteiger partial charge in [0.05, 0.1) is 19.2 Å². The Morgan fingerprint density at radius 2 is 2.18 bits per heavy atom. The lowest BCUT2D eigenvalue weighted by molar-refractivity contribution is -0.198. The van der Waals surface area contributed by atoms with Gasteiger partial charge < -0.3 is 14.4 Å². The minimum absolute atomic E-state index is 0.0852. The van der Waals surface area contributed by atoms with Crippen molar-refractivity contribution in [2.75, 3.05) is 26.8 Å². The van der Waals surface area contributed by atoms with Crippen LogP contribution in [0.5, 0.6) is 0 Å². The number of rotatable bonds is 3. The van der Waals surface area contributed by atoms with Crippen molar-refractivity contribution in [2.45, 2.75) is 43.8 Å². The first-order valence-corrected chi connectivity index (χ1v) is 6.65. The molecule has 2 aliphatic heterocycles. The van der Waals surface area contributed by atoms with Crippen LogP contribution in [0, 0.1) is 5.92 Å². The maximum absolute atomic E-state index is 11.9. The van der Waals surface area contributed by atoms with Gasteiger partial charge in [-0.05, 0) is 25.2 Å². The Morgan fingerprint density at radius 3 is 2.82 bits per heavy atom. The molecule has 0 N–H and O–H groups in total. The van der Waals surface area contributed by atoms with Crippen LogP contribution in [-0.2, 0) is 14.3 Å². The van der Waals surface area contributed by atoms with E-state index < -0.39 is 0 Å². The van der Waals surface area contributed by atoms with Gasteiger partial charge in [-0.3, -0.25) is 4.79 Å². The molecule has 0 aromatic rings. The van der Waals surface area contributed by atoms with Gasteiger partial charge in [-0.1, -0.05) is 0 Å². The van der Waals surface area contributed by atoms with E-state index in [2.05, 4.69) is 0 Å². The summed E-state index contributed by atoms with van der Waals surface area (Å²) in [7, 11) is 1.76. The quantitative estimate of drug-likeness (QED) is 0.742. The van der Waals surface area contributed by atoms with Gasteiger partial charge in [0, 0.05) is 26.6 Å². The number of hydrogen-bond acceptors (Lipinski definition) is 3. The van der Waals surface area contributed by atoms with Crippen molar-refractivity contribution in [3.8, 4) is 0 Å². The van der Waals surface area contributed by atoms with Gasteiger partial charge in [0.1, 0.15) is 5.60 Å². The second-order valence-electron chi connectivity index (χ2n) is 5.78. The lowest BCUT2D eigenvalue weighted by atomic mass is 9.84. The minimum atomic E-state index is -0.0852. The van der Waals surface area contributed by atoms with E-state index in [1.807, 2.05) is 4.90 Å². The Bertz CT molecular complexity index is 308. The molecule has 3 rings (SSSR count). The van der Waals surface area contributed by atoms with E-state index in [-0.39, 0.29) is 5.60 Å². The molecule has 0 radical (unpaired) electrons. The fourth-order valence-electron chi connectivity index (χ4n) is 2.93. The predicted octanol–water partition coefficient (Wildman–Crippen LogP) is 1.19. The van der Waals surface area contributed by atoms with Crippen molar-refractivity contribution < 1.29 is 14.3 Å². The fourth-order valence-corrected chi connectivity index (χ4v) is 2.93. The summed E-state index contributed by atoms with van der Waals surface area (Å²) in [6.07, 6.45) is 5.47. The molecule has 17 heavy (non-hydrogen) atoms. The largest absolute Gasteiger partial charge is 0.381 e. The number of ether oxygens (including phenoxy) is 2. The summed E-state index contributed by atoms with van der Waals surface area (Å²) in [5.74, 6) is 0.999. The summed E-state index contributed by atoms with van der Waals surface area (Å²) >= 11 is 0. The van der Waals surface area contributed by atoms with Crippen LogP contribution in [0.25, 0.3) is 0 Å². The van der Waals surface area contributed by atoms with E-state index in [1.54, 1.807) is 7.11 Å². The number of likely N-dealkylation sites (tertiary alicyclic amines) is 1. The molecule has 3 aliphatic rings. The van der Waals surface area contributed by atoms with Crippen molar-refractivity contribution in [2.24, 2.45) is 5.92 Å². The molecule has 4 nitrogen and oxygen atoms in total. The van der Waals surface area contributed by atoms with Gasteiger partial charge in [-0.15, -0.1) is 0 Å². The van der Waals surface area contributed by atoms with Crippen LogP contribution < -0.4 is 0 Å². The molecule has 1 atom stereocenters. The Balaban J connectivity index is 1.50. The van der Waals surface area contributed by atoms with Crippen LogP contribution in [0.2, 0.25) is 0 Å². The highest BCUT2D eigenvalue weighted by Crippen LogP contribution is 2.38. The first-order valence-electron chi connectivity index (χ1n) is 6.65. The van der Waals surface area contributed by atoms with E-state index in [0.29, 0.717) is 17.9 Å². The zero-order chi connectivity index (χ0) is 11.9. The number of carbonyl (C=O) groups excluding carboxylic acids is 1. The highest BCUT2D eigenvalue weighted by molar-refractivity contribution is 5.78. The first-order chi connectivity index (χ1) is 8.21. The summed E-state index contributed by atoms with van der Waals surface area (Å²) in [6.45, 7) is 2.32. The second-order valence-corrected chi connectivity index (χ2v) is 5.78. The molecule has 2 heterocycles. The molecule has 4 heteroatoms. The van der Waals surface area contributed by atoms with E-state index >= 15 is 0 Å². The third kappa shape index (κ3) is 2.33. The molecule has 0 aromatic carbocycles. The molecule has 1 unspecified atom stereocenters. The van der Waals surface area contributed by atoms with Crippen LogP contribution in [0.3, 0.4) is 0 Å². The topological polar surface area (TPSA) is 38.8 Å².